The Hall–Kier alpha value is -1.47. The lowest BCUT2D eigenvalue weighted by Gasteiger charge is -2.26. The summed E-state index contributed by atoms with van der Waals surface area (Å²) in [5.74, 6) is 0.0372. The summed E-state index contributed by atoms with van der Waals surface area (Å²) in [5, 5.41) is 7.30. The van der Waals surface area contributed by atoms with E-state index in [4.69, 9.17) is 11.1 Å². The van der Waals surface area contributed by atoms with Gasteiger partial charge >= 0.3 is 0 Å². The smallest absolute Gasteiger partial charge is 0.214 e. The normalized spacial score (nSPS) is 12.6. The molecule has 21 heavy (non-hydrogen) atoms. The summed E-state index contributed by atoms with van der Waals surface area (Å²) in [6, 6.07) is 3.61. The van der Waals surface area contributed by atoms with Crippen molar-refractivity contribution in [3.63, 3.8) is 0 Å². The van der Waals surface area contributed by atoms with E-state index in [1.54, 1.807) is 18.5 Å². The van der Waals surface area contributed by atoms with Crippen LogP contribution >= 0.6 is 0 Å². The van der Waals surface area contributed by atoms with Crippen molar-refractivity contribution in [2.45, 2.75) is 33.7 Å². The first-order valence-electron chi connectivity index (χ1n) is 6.80. The van der Waals surface area contributed by atoms with E-state index in [9.17, 15) is 8.42 Å². The Balaban J connectivity index is 2.93. The van der Waals surface area contributed by atoms with Crippen LogP contribution in [-0.4, -0.2) is 35.8 Å². The predicted octanol–water partition coefficient (Wildman–Crippen LogP) is 1.59. The molecule has 0 aliphatic rings. The molecule has 3 N–H and O–H groups in total. The lowest BCUT2D eigenvalue weighted by Crippen LogP contribution is -2.38. The molecule has 0 aliphatic heterocycles. The van der Waals surface area contributed by atoms with E-state index in [-0.39, 0.29) is 36.5 Å². The molecule has 0 atom stereocenters. The van der Waals surface area contributed by atoms with Crippen molar-refractivity contribution >= 4 is 15.9 Å². The molecule has 0 amide bonds. The Bertz CT molecular complexity index is 564. The van der Waals surface area contributed by atoms with Crippen molar-refractivity contribution in [2.24, 2.45) is 11.1 Å². The molecule has 0 fully saturated rings. The van der Waals surface area contributed by atoms with Crippen LogP contribution in [0.3, 0.4) is 0 Å². The van der Waals surface area contributed by atoms with E-state index in [0.717, 1.165) is 5.56 Å². The van der Waals surface area contributed by atoms with Gasteiger partial charge in [-0.1, -0.05) is 26.8 Å². The summed E-state index contributed by atoms with van der Waals surface area (Å²) >= 11 is 0. The van der Waals surface area contributed by atoms with Crippen molar-refractivity contribution in [2.75, 3.05) is 12.3 Å². The van der Waals surface area contributed by atoms with Gasteiger partial charge in [0.2, 0.25) is 10.0 Å². The highest BCUT2D eigenvalue weighted by atomic mass is 32.2. The molecule has 0 radical (unpaired) electrons. The quantitative estimate of drug-likeness (QED) is 0.589. The topological polar surface area (TPSA) is 100 Å². The van der Waals surface area contributed by atoms with Crippen molar-refractivity contribution in [1.29, 1.82) is 5.41 Å². The van der Waals surface area contributed by atoms with Crippen LogP contribution in [0.2, 0.25) is 0 Å². The van der Waals surface area contributed by atoms with Crippen LogP contribution in [-0.2, 0) is 16.6 Å². The molecule has 1 aromatic heterocycles. The van der Waals surface area contributed by atoms with Crippen LogP contribution in [0.4, 0.5) is 0 Å². The van der Waals surface area contributed by atoms with E-state index in [1.807, 2.05) is 26.8 Å². The third kappa shape index (κ3) is 6.68. The number of pyridine rings is 1. The molecule has 1 aromatic rings. The molecular weight excluding hydrogens is 288 g/mol. The second-order valence-corrected chi connectivity index (χ2v) is 8.26. The van der Waals surface area contributed by atoms with Gasteiger partial charge in [-0.25, -0.2) is 8.42 Å². The lowest BCUT2D eigenvalue weighted by molar-refractivity contribution is 0.389. The van der Waals surface area contributed by atoms with E-state index in [1.165, 1.54) is 4.31 Å². The first-order valence-corrected chi connectivity index (χ1v) is 8.41. The van der Waals surface area contributed by atoms with Gasteiger partial charge in [0, 0.05) is 31.9 Å². The monoisotopic (exact) mass is 312 g/mol. The maximum absolute atomic E-state index is 12.6. The Kier molecular flexibility index (Phi) is 5.86. The first-order chi connectivity index (χ1) is 9.60. The highest BCUT2D eigenvalue weighted by Gasteiger charge is 2.28. The number of hydrogen-bond acceptors (Lipinski definition) is 4. The molecule has 6 nitrogen and oxygen atoms in total. The maximum Gasteiger partial charge on any atom is 0.214 e. The van der Waals surface area contributed by atoms with Gasteiger partial charge < -0.3 is 5.73 Å². The minimum atomic E-state index is -3.42. The average molecular weight is 312 g/mol. The third-order valence-electron chi connectivity index (χ3n) is 2.72. The molecule has 1 rings (SSSR count). The van der Waals surface area contributed by atoms with Gasteiger partial charge in [-0.3, -0.25) is 10.4 Å². The molecule has 0 aromatic carbocycles. The zero-order valence-corrected chi connectivity index (χ0v) is 13.7. The van der Waals surface area contributed by atoms with Gasteiger partial charge in [0.25, 0.3) is 0 Å². The zero-order chi connectivity index (χ0) is 16.1. The molecule has 0 saturated carbocycles. The van der Waals surface area contributed by atoms with Gasteiger partial charge in [-0.2, -0.15) is 4.31 Å². The number of nitrogens with two attached hydrogens (primary N) is 1. The maximum atomic E-state index is 12.6. The minimum absolute atomic E-state index is 0.0165. The molecule has 0 unspecified atom stereocenters. The highest BCUT2D eigenvalue weighted by Crippen LogP contribution is 2.20. The number of hydrogen-bond donors (Lipinski definition) is 2. The summed E-state index contributed by atoms with van der Waals surface area (Å²) in [6.45, 7) is 6.12. The first kappa shape index (κ1) is 17.6. The SMILES string of the molecule is CC(C)(C)CS(=O)(=O)N(CCC(=N)N)Cc1cccnc1. The van der Waals surface area contributed by atoms with Crippen molar-refractivity contribution < 1.29 is 8.42 Å². The molecule has 7 heteroatoms. The van der Waals surface area contributed by atoms with Crippen LogP contribution in [0.5, 0.6) is 0 Å². The number of amidine groups is 1. The number of nitrogens with one attached hydrogen (secondary N) is 1. The fourth-order valence-electron chi connectivity index (χ4n) is 1.90. The largest absolute Gasteiger partial charge is 0.388 e. The summed E-state index contributed by atoms with van der Waals surface area (Å²) in [5.41, 5.74) is 5.84. The molecule has 0 aliphatic carbocycles. The lowest BCUT2D eigenvalue weighted by atomic mass is 10.0. The van der Waals surface area contributed by atoms with Crippen molar-refractivity contribution in [1.82, 2.24) is 9.29 Å². The Morgan fingerprint density at radius 2 is 2.10 bits per heavy atom. The number of aromatic nitrogens is 1. The average Bonchev–Trinajstić information content (AvgIpc) is 2.32. The van der Waals surface area contributed by atoms with Crippen molar-refractivity contribution in [3.8, 4) is 0 Å². The van der Waals surface area contributed by atoms with Crippen molar-refractivity contribution in [3.05, 3.63) is 30.1 Å². The highest BCUT2D eigenvalue weighted by molar-refractivity contribution is 7.89. The van der Waals surface area contributed by atoms with Crippen LogP contribution in [0.25, 0.3) is 0 Å². The van der Waals surface area contributed by atoms with Crippen LogP contribution in [0.15, 0.2) is 24.5 Å². The van der Waals surface area contributed by atoms with Crippen LogP contribution in [0.1, 0.15) is 32.8 Å². The number of sulfonamides is 1. The fraction of sp³-hybridized carbons (Fsp3) is 0.571. The standard InChI is InChI=1S/C14H24N4O2S/c1-14(2,3)11-21(19,20)18(8-6-13(15)16)10-12-5-4-7-17-9-12/h4-5,7,9H,6,8,10-11H2,1-3H3,(H3,15,16). The second kappa shape index (κ2) is 7.00. The van der Waals surface area contributed by atoms with E-state index < -0.39 is 10.0 Å². The minimum Gasteiger partial charge on any atom is -0.388 e. The zero-order valence-electron chi connectivity index (χ0n) is 12.8. The fourth-order valence-corrected chi connectivity index (χ4v) is 3.89. The molecule has 0 spiro atoms. The Labute approximate surface area is 126 Å². The Morgan fingerprint density at radius 1 is 1.43 bits per heavy atom. The second-order valence-electron chi connectivity index (χ2n) is 6.29. The molecule has 1 heterocycles. The van der Waals surface area contributed by atoms with E-state index in [0.29, 0.717) is 0 Å². The molecule has 0 saturated heterocycles. The summed E-state index contributed by atoms with van der Waals surface area (Å²) in [4.78, 5) is 4.00. The number of rotatable bonds is 7. The van der Waals surface area contributed by atoms with Crippen LogP contribution in [0, 0.1) is 10.8 Å². The summed E-state index contributed by atoms with van der Waals surface area (Å²) in [6.07, 6.45) is 3.52. The van der Waals surface area contributed by atoms with Gasteiger partial charge in [0.15, 0.2) is 0 Å². The predicted molar refractivity (Wildman–Crippen MR) is 84.4 cm³/mol. The Morgan fingerprint density at radius 3 is 2.57 bits per heavy atom. The molecule has 0 bridgehead atoms. The van der Waals surface area contributed by atoms with E-state index in [2.05, 4.69) is 4.98 Å². The van der Waals surface area contributed by atoms with Gasteiger partial charge in [-0.15, -0.1) is 0 Å². The van der Waals surface area contributed by atoms with Gasteiger partial charge in [-0.05, 0) is 17.0 Å². The number of nitrogens with zero attached hydrogens (tertiary/aromatic N) is 2. The molecule has 118 valence electrons. The van der Waals surface area contributed by atoms with Crippen LogP contribution < -0.4 is 5.73 Å². The van der Waals surface area contributed by atoms with Gasteiger partial charge in [0.1, 0.15) is 0 Å². The van der Waals surface area contributed by atoms with Gasteiger partial charge in [0.05, 0.1) is 11.6 Å². The molecular formula is C14H24N4O2S. The summed E-state index contributed by atoms with van der Waals surface area (Å²) in [7, 11) is -3.42. The third-order valence-corrected chi connectivity index (χ3v) is 5.05. The van der Waals surface area contributed by atoms with E-state index >= 15 is 0 Å². The summed E-state index contributed by atoms with van der Waals surface area (Å²) < 4.78 is 26.5.